The highest BCUT2D eigenvalue weighted by Gasteiger charge is 2.36. The predicted octanol–water partition coefficient (Wildman–Crippen LogP) is 5.98. The van der Waals surface area contributed by atoms with Gasteiger partial charge < -0.3 is 39.4 Å². The fraction of sp³-hybridized carbons (Fsp3) is 0.514. The largest absolute Gasteiger partial charge is 0.496 e. The number of β-amino-alcohol motifs (C(OH)–C–C–N with tert-alkyl or cyclic N) is 1. The van der Waals surface area contributed by atoms with Crippen LogP contribution in [0.15, 0.2) is 66.7 Å². The second-order valence-corrected chi connectivity index (χ2v) is 12.7. The van der Waals surface area contributed by atoms with E-state index >= 15 is 0 Å². The van der Waals surface area contributed by atoms with E-state index in [0.717, 1.165) is 54.0 Å². The molecular formula is C37H50N2O6. The Labute approximate surface area is 268 Å². The molecule has 1 saturated heterocycles. The lowest BCUT2D eigenvalue weighted by Gasteiger charge is -2.38. The minimum absolute atomic E-state index is 0.108. The predicted molar refractivity (Wildman–Crippen MR) is 178 cm³/mol. The van der Waals surface area contributed by atoms with Gasteiger partial charge in [-0.25, -0.2) is 0 Å². The van der Waals surface area contributed by atoms with Crippen molar-refractivity contribution in [1.29, 1.82) is 0 Å². The van der Waals surface area contributed by atoms with Gasteiger partial charge in [0.15, 0.2) is 0 Å². The lowest BCUT2D eigenvalue weighted by Crippen LogP contribution is -2.50. The van der Waals surface area contributed by atoms with Gasteiger partial charge in [-0.05, 0) is 53.8 Å². The summed E-state index contributed by atoms with van der Waals surface area (Å²) in [7, 11) is 3.41. The Balaban J connectivity index is 1.18. The molecule has 0 amide bonds. The number of aliphatic hydroxyl groups is 1. The van der Waals surface area contributed by atoms with Crippen LogP contribution >= 0.6 is 0 Å². The standard InChI is InChI=1S/C37H50N2O6/c1-37(2)25-39-31-21-27(14-17-30(31)37)34(11-7-18-41-3)45-35-23-38-22-32(40)36(35)26-12-15-29(16-13-26)44-20-8-19-43-24-28-9-5-6-10-33(28)42-4/h5-6,9-10,12-17,21,32,34-36,38-40H,7-8,11,18-20,22-25H2,1-4H3/t32-,34?,35+,36+/m1/s1. The number of methoxy groups -OCH3 is 2. The molecule has 3 aromatic rings. The summed E-state index contributed by atoms with van der Waals surface area (Å²) in [6.45, 7) is 9.02. The average Bonchev–Trinajstić information content (AvgIpc) is 3.36. The molecule has 0 bridgehead atoms. The van der Waals surface area contributed by atoms with E-state index in [4.69, 9.17) is 23.7 Å². The second-order valence-electron chi connectivity index (χ2n) is 12.7. The van der Waals surface area contributed by atoms with Crippen molar-refractivity contribution in [3.8, 4) is 11.5 Å². The Hall–Kier alpha value is -3.14. The third-order valence-corrected chi connectivity index (χ3v) is 8.95. The van der Waals surface area contributed by atoms with Crippen molar-refractivity contribution in [3.63, 3.8) is 0 Å². The van der Waals surface area contributed by atoms with Gasteiger partial charge >= 0.3 is 0 Å². The van der Waals surface area contributed by atoms with E-state index in [-0.39, 0.29) is 23.5 Å². The molecular weight excluding hydrogens is 568 g/mol. The first-order chi connectivity index (χ1) is 21.9. The van der Waals surface area contributed by atoms with Gasteiger partial charge in [0, 0.05) is 62.4 Å². The number of fused-ring (bicyclic) bond motifs is 1. The van der Waals surface area contributed by atoms with Crippen LogP contribution in [0.1, 0.15) is 67.4 Å². The Morgan fingerprint density at radius 3 is 2.56 bits per heavy atom. The molecule has 2 aliphatic heterocycles. The molecule has 3 N–H and O–H groups in total. The monoisotopic (exact) mass is 618 g/mol. The number of hydrogen-bond donors (Lipinski definition) is 3. The fourth-order valence-electron chi connectivity index (χ4n) is 6.43. The maximum atomic E-state index is 11.2. The van der Waals surface area contributed by atoms with E-state index in [1.54, 1.807) is 14.2 Å². The highest BCUT2D eigenvalue weighted by molar-refractivity contribution is 5.61. The van der Waals surface area contributed by atoms with Crippen LogP contribution in [0, 0.1) is 0 Å². The molecule has 4 atom stereocenters. The summed E-state index contributed by atoms with van der Waals surface area (Å²) in [4.78, 5) is 0. The fourth-order valence-corrected chi connectivity index (χ4v) is 6.43. The number of ether oxygens (including phenoxy) is 5. The Bertz CT molecular complexity index is 1350. The van der Waals surface area contributed by atoms with Crippen LogP contribution in [0.4, 0.5) is 5.69 Å². The van der Waals surface area contributed by atoms with Gasteiger partial charge in [0.25, 0.3) is 0 Å². The summed E-state index contributed by atoms with van der Waals surface area (Å²) >= 11 is 0. The number of piperidine rings is 1. The molecule has 5 rings (SSSR count). The van der Waals surface area contributed by atoms with Gasteiger partial charge in [-0.1, -0.05) is 56.3 Å². The molecule has 3 aromatic carbocycles. The number of anilines is 1. The summed E-state index contributed by atoms with van der Waals surface area (Å²) in [5.74, 6) is 1.49. The molecule has 0 aromatic heterocycles. The first kappa shape index (κ1) is 33.2. The zero-order valence-corrected chi connectivity index (χ0v) is 27.2. The number of benzene rings is 3. The number of rotatable bonds is 16. The number of aliphatic hydroxyl groups excluding tert-OH is 1. The number of para-hydroxylation sites is 1. The van der Waals surface area contributed by atoms with E-state index < -0.39 is 6.10 Å². The maximum absolute atomic E-state index is 11.2. The van der Waals surface area contributed by atoms with Gasteiger partial charge in [-0.3, -0.25) is 0 Å². The molecule has 1 unspecified atom stereocenters. The van der Waals surface area contributed by atoms with Gasteiger partial charge in [0.2, 0.25) is 0 Å². The number of hydrogen-bond acceptors (Lipinski definition) is 8. The molecule has 2 heterocycles. The molecule has 0 radical (unpaired) electrons. The highest BCUT2D eigenvalue weighted by Crippen LogP contribution is 2.40. The van der Waals surface area contributed by atoms with Gasteiger partial charge in [0.05, 0.1) is 45.2 Å². The van der Waals surface area contributed by atoms with E-state index in [0.29, 0.717) is 39.5 Å². The zero-order chi connectivity index (χ0) is 31.6. The molecule has 1 fully saturated rings. The van der Waals surface area contributed by atoms with Crippen LogP contribution in [-0.4, -0.2) is 71.0 Å². The van der Waals surface area contributed by atoms with E-state index in [9.17, 15) is 5.11 Å². The molecule has 0 saturated carbocycles. The van der Waals surface area contributed by atoms with Crippen LogP contribution in [0.5, 0.6) is 11.5 Å². The summed E-state index contributed by atoms with van der Waals surface area (Å²) in [6.07, 6.45) is 1.65. The Kier molecular flexibility index (Phi) is 11.8. The summed E-state index contributed by atoms with van der Waals surface area (Å²) in [5, 5.41) is 18.1. The SMILES string of the molecule is COCCCC(O[C@H]1CNC[C@@H](O)[C@@H]1c1ccc(OCCCOCc2ccccc2OC)cc1)c1ccc2c(c1)NCC2(C)C. The van der Waals surface area contributed by atoms with Crippen molar-refractivity contribution in [2.24, 2.45) is 0 Å². The summed E-state index contributed by atoms with van der Waals surface area (Å²) in [6, 6.07) is 22.7. The van der Waals surface area contributed by atoms with Gasteiger partial charge in [-0.15, -0.1) is 0 Å². The molecule has 244 valence electrons. The third-order valence-electron chi connectivity index (χ3n) is 8.95. The van der Waals surface area contributed by atoms with Gasteiger partial charge in [0.1, 0.15) is 11.5 Å². The van der Waals surface area contributed by atoms with E-state index in [1.165, 1.54) is 11.3 Å². The average molecular weight is 619 g/mol. The molecule has 8 heteroatoms. The Morgan fingerprint density at radius 2 is 1.76 bits per heavy atom. The molecule has 2 aliphatic rings. The first-order valence-electron chi connectivity index (χ1n) is 16.2. The van der Waals surface area contributed by atoms with Crippen LogP contribution in [0.3, 0.4) is 0 Å². The van der Waals surface area contributed by atoms with Crippen LogP contribution in [-0.2, 0) is 26.2 Å². The van der Waals surface area contributed by atoms with Gasteiger partial charge in [-0.2, -0.15) is 0 Å². The van der Waals surface area contributed by atoms with Crippen LogP contribution in [0.25, 0.3) is 0 Å². The van der Waals surface area contributed by atoms with Crippen molar-refractivity contribution in [2.75, 3.05) is 59.0 Å². The smallest absolute Gasteiger partial charge is 0.124 e. The lowest BCUT2D eigenvalue weighted by molar-refractivity contribution is -0.0701. The molecule has 8 nitrogen and oxygen atoms in total. The second kappa shape index (κ2) is 15.9. The molecule has 0 spiro atoms. The quantitative estimate of drug-likeness (QED) is 0.169. The Morgan fingerprint density at radius 1 is 0.933 bits per heavy atom. The van der Waals surface area contributed by atoms with Crippen LogP contribution in [0.2, 0.25) is 0 Å². The lowest BCUT2D eigenvalue weighted by atomic mass is 9.84. The maximum Gasteiger partial charge on any atom is 0.124 e. The number of nitrogens with one attached hydrogen (secondary N) is 2. The normalized spacial score (nSPS) is 21.1. The van der Waals surface area contributed by atoms with E-state index in [1.807, 2.05) is 36.4 Å². The first-order valence-corrected chi connectivity index (χ1v) is 16.2. The summed E-state index contributed by atoms with van der Waals surface area (Å²) in [5.41, 5.74) is 5.89. The van der Waals surface area contributed by atoms with E-state index in [2.05, 4.69) is 54.8 Å². The topological polar surface area (TPSA) is 90.4 Å². The highest BCUT2D eigenvalue weighted by atomic mass is 16.5. The minimum Gasteiger partial charge on any atom is -0.496 e. The van der Waals surface area contributed by atoms with Crippen molar-refractivity contribution < 1.29 is 28.8 Å². The van der Waals surface area contributed by atoms with Crippen molar-refractivity contribution in [1.82, 2.24) is 5.32 Å². The van der Waals surface area contributed by atoms with Crippen molar-refractivity contribution in [2.45, 2.75) is 69.4 Å². The van der Waals surface area contributed by atoms with Crippen molar-refractivity contribution >= 4 is 5.69 Å². The van der Waals surface area contributed by atoms with Crippen molar-refractivity contribution in [3.05, 3.63) is 89.0 Å². The third kappa shape index (κ3) is 8.57. The van der Waals surface area contributed by atoms with Crippen LogP contribution < -0.4 is 20.1 Å². The molecule has 0 aliphatic carbocycles. The minimum atomic E-state index is -0.557. The molecule has 45 heavy (non-hydrogen) atoms. The summed E-state index contributed by atoms with van der Waals surface area (Å²) < 4.78 is 29.5. The zero-order valence-electron chi connectivity index (χ0n) is 27.2.